The van der Waals surface area contributed by atoms with E-state index in [-0.39, 0.29) is 32.1 Å². The summed E-state index contributed by atoms with van der Waals surface area (Å²) in [6.45, 7) is 0.0114. The fourth-order valence-corrected chi connectivity index (χ4v) is 2.42. The average Bonchev–Trinajstić information content (AvgIpc) is 3.10. The second-order valence-electron chi connectivity index (χ2n) is 6.02. The highest BCUT2D eigenvalue weighted by atomic mass is 35.5. The maximum atomic E-state index is 13.2. The van der Waals surface area contributed by atoms with Crippen molar-refractivity contribution >= 4 is 25.6 Å². The van der Waals surface area contributed by atoms with Crippen LogP contribution in [0.5, 0.6) is 0 Å². The number of tetrazole rings is 1. The number of rotatable bonds is 11. The van der Waals surface area contributed by atoms with E-state index in [1.807, 2.05) is 0 Å². The molecule has 1 unspecified atom stereocenters. The van der Waals surface area contributed by atoms with Crippen LogP contribution in [0.25, 0.3) is 0 Å². The van der Waals surface area contributed by atoms with E-state index >= 15 is 0 Å². The van der Waals surface area contributed by atoms with Gasteiger partial charge >= 0.3 is 7.32 Å². The van der Waals surface area contributed by atoms with Gasteiger partial charge in [-0.05, 0) is 47.4 Å². The Bertz CT molecular complexity index is 785. The predicted octanol–water partition coefficient (Wildman–Crippen LogP) is -0.154. The first-order chi connectivity index (χ1) is 13.4. The van der Waals surface area contributed by atoms with Crippen molar-refractivity contribution in [2.75, 3.05) is 6.61 Å². The minimum absolute atomic E-state index is 0. The molecule has 5 N–H and O–H groups in total. The average molecular weight is 435 g/mol. The molecule has 14 heteroatoms. The van der Waals surface area contributed by atoms with Crippen LogP contribution in [0.3, 0.4) is 0 Å². The van der Waals surface area contributed by atoms with Gasteiger partial charge in [0.1, 0.15) is 6.54 Å². The van der Waals surface area contributed by atoms with Gasteiger partial charge in [-0.25, -0.2) is 13.5 Å². The highest BCUT2D eigenvalue weighted by Gasteiger charge is 2.17. The number of carbonyl (C=O) groups is 1. The Kier molecular flexibility index (Phi) is 10.6. The van der Waals surface area contributed by atoms with Crippen molar-refractivity contribution in [3.8, 4) is 0 Å². The molecule has 0 aliphatic heterocycles. The lowest BCUT2D eigenvalue weighted by Crippen LogP contribution is -2.29. The van der Waals surface area contributed by atoms with Crippen molar-refractivity contribution in [2.45, 2.75) is 38.4 Å². The van der Waals surface area contributed by atoms with Gasteiger partial charge in [-0.1, -0.05) is 6.07 Å². The lowest BCUT2D eigenvalue weighted by Gasteiger charge is -2.12. The summed E-state index contributed by atoms with van der Waals surface area (Å²) in [7, 11) is -1.80. The van der Waals surface area contributed by atoms with Crippen molar-refractivity contribution < 1.29 is 28.3 Å². The zero-order valence-electron chi connectivity index (χ0n) is 15.4. The Labute approximate surface area is 172 Å². The standard InChI is InChI=1S/C15H21BF2N6O4.ClH/c17-11-5-4-10(7-12(11)18)8-20-14(25)9-24-15(21-22-23-24)13(19)3-1-2-6-28-16(26)27;/h4-5,7,13,26-27H,1-3,6,8-9,19H2,(H,20,25);1H. The van der Waals surface area contributed by atoms with Crippen LogP contribution in [-0.4, -0.2) is 50.1 Å². The highest BCUT2D eigenvalue weighted by Crippen LogP contribution is 2.14. The Morgan fingerprint density at radius 2 is 2.07 bits per heavy atom. The first-order valence-corrected chi connectivity index (χ1v) is 8.57. The van der Waals surface area contributed by atoms with Crippen LogP contribution in [0.2, 0.25) is 0 Å². The van der Waals surface area contributed by atoms with E-state index in [0.29, 0.717) is 30.7 Å². The van der Waals surface area contributed by atoms with Crippen molar-refractivity contribution in [1.29, 1.82) is 0 Å². The quantitative estimate of drug-likeness (QED) is 0.282. The molecule has 0 aliphatic carbocycles. The smallest absolute Gasteiger partial charge is 0.402 e. The molecule has 0 fully saturated rings. The number of amides is 1. The molecule has 2 rings (SSSR count). The third-order valence-corrected chi connectivity index (χ3v) is 3.83. The maximum Gasteiger partial charge on any atom is 0.633 e. The zero-order valence-corrected chi connectivity index (χ0v) is 16.2. The number of unbranched alkanes of at least 4 members (excludes halogenated alkanes) is 1. The van der Waals surface area contributed by atoms with E-state index in [4.69, 9.17) is 15.8 Å². The SMILES string of the molecule is Cl.NC(CCCCOB(O)O)c1nnnn1CC(=O)NCc1ccc(F)c(F)c1. The predicted molar refractivity (Wildman–Crippen MR) is 100 cm³/mol. The van der Waals surface area contributed by atoms with E-state index in [0.717, 1.165) is 12.1 Å². The number of nitrogens with two attached hydrogens (primary N) is 1. The Morgan fingerprint density at radius 3 is 2.76 bits per heavy atom. The van der Waals surface area contributed by atoms with Crippen molar-refractivity contribution in [2.24, 2.45) is 5.73 Å². The van der Waals surface area contributed by atoms with Gasteiger partial charge in [0.2, 0.25) is 5.91 Å². The minimum Gasteiger partial charge on any atom is -0.402 e. The highest BCUT2D eigenvalue weighted by molar-refractivity contribution is 6.32. The summed E-state index contributed by atoms with van der Waals surface area (Å²) in [6, 6.07) is 2.85. The largest absolute Gasteiger partial charge is 0.633 e. The van der Waals surface area contributed by atoms with Gasteiger partial charge in [0.15, 0.2) is 17.5 Å². The molecule has 1 aromatic heterocycles. The number of benzene rings is 1. The fraction of sp³-hybridized carbons (Fsp3) is 0.467. The van der Waals surface area contributed by atoms with Crippen LogP contribution in [0.1, 0.15) is 36.7 Å². The van der Waals surface area contributed by atoms with E-state index in [1.165, 1.54) is 10.7 Å². The van der Waals surface area contributed by atoms with E-state index in [2.05, 4.69) is 25.5 Å². The van der Waals surface area contributed by atoms with Gasteiger partial charge in [-0.2, -0.15) is 0 Å². The van der Waals surface area contributed by atoms with E-state index in [9.17, 15) is 13.6 Å². The first-order valence-electron chi connectivity index (χ1n) is 8.57. The van der Waals surface area contributed by atoms with Crippen molar-refractivity contribution in [3.05, 3.63) is 41.2 Å². The fourth-order valence-electron chi connectivity index (χ4n) is 2.42. The van der Waals surface area contributed by atoms with Crippen LogP contribution in [0.4, 0.5) is 8.78 Å². The number of hydrogen-bond acceptors (Lipinski definition) is 8. The Balaban J connectivity index is 0.00000420. The summed E-state index contributed by atoms with van der Waals surface area (Å²) < 4.78 is 31.9. The van der Waals surface area contributed by atoms with Crippen LogP contribution < -0.4 is 11.1 Å². The molecule has 1 heterocycles. The Hall–Kier alpha value is -2.19. The van der Waals surface area contributed by atoms with E-state index < -0.39 is 30.9 Å². The number of nitrogens with one attached hydrogen (secondary N) is 1. The van der Waals surface area contributed by atoms with Crippen LogP contribution in [0.15, 0.2) is 18.2 Å². The van der Waals surface area contributed by atoms with E-state index in [1.54, 1.807) is 0 Å². The topological polar surface area (TPSA) is 148 Å². The molecule has 0 aliphatic rings. The van der Waals surface area contributed by atoms with Gasteiger partial charge in [0.25, 0.3) is 0 Å². The second kappa shape index (κ2) is 12.4. The normalized spacial score (nSPS) is 11.6. The van der Waals surface area contributed by atoms with Gasteiger partial charge < -0.3 is 25.8 Å². The number of halogens is 3. The zero-order chi connectivity index (χ0) is 20.5. The van der Waals surface area contributed by atoms with Gasteiger partial charge in [-0.15, -0.1) is 17.5 Å². The van der Waals surface area contributed by atoms with Crippen LogP contribution in [-0.2, 0) is 22.5 Å². The molecule has 160 valence electrons. The number of nitrogens with zero attached hydrogens (tertiary/aromatic N) is 4. The minimum atomic E-state index is -1.80. The summed E-state index contributed by atoms with van der Waals surface area (Å²) in [5.41, 5.74) is 6.46. The first kappa shape index (κ1) is 24.9. The maximum absolute atomic E-state index is 13.2. The number of hydrogen-bond donors (Lipinski definition) is 4. The number of aromatic nitrogens is 4. The molecule has 0 bridgehead atoms. The molecule has 2 aromatic rings. The molecule has 0 spiro atoms. The van der Waals surface area contributed by atoms with Gasteiger partial charge in [0, 0.05) is 13.2 Å². The number of carbonyl (C=O) groups excluding carboxylic acids is 1. The molecule has 29 heavy (non-hydrogen) atoms. The molecule has 0 saturated carbocycles. The molecule has 1 atom stereocenters. The summed E-state index contributed by atoms with van der Waals surface area (Å²) in [5.74, 6) is -2.04. The van der Waals surface area contributed by atoms with Crippen molar-refractivity contribution in [3.63, 3.8) is 0 Å². The third kappa shape index (κ3) is 8.37. The monoisotopic (exact) mass is 434 g/mol. The van der Waals surface area contributed by atoms with Crippen LogP contribution in [0, 0.1) is 11.6 Å². The van der Waals surface area contributed by atoms with Crippen molar-refractivity contribution in [1.82, 2.24) is 25.5 Å². The molecule has 1 amide bonds. The molecule has 10 nitrogen and oxygen atoms in total. The van der Waals surface area contributed by atoms with Crippen LogP contribution >= 0.6 is 12.4 Å². The molecule has 0 radical (unpaired) electrons. The molecule has 0 saturated heterocycles. The summed E-state index contributed by atoms with van der Waals surface area (Å²) in [5, 5.41) is 30.8. The Morgan fingerprint density at radius 1 is 1.31 bits per heavy atom. The second-order valence-corrected chi connectivity index (χ2v) is 6.02. The lowest BCUT2D eigenvalue weighted by molar-refractivity contribution is -0.122. The van der Waals surface area contributed by atoms with Gasteiger partial charge in [0.05, 0.1) is 6.04 Å². The molecular weight excluding hydrogens is 412 g/mol. The third-order valence-electron chi connectivity index (χ3n) is 3.83. The molecular formula is C15H22BClF2N6O4. The lowest BCUT2D eigenvalue weighted by atomic mass is 10.1. The molecule has 1 aromatic carbocycles. The summed E-state index contributed by atoms with van der Waals surface area (Å²) >= 11 is 0. The summed E-state index contributed by atoms with van der Waals surface area (Å²) in [4.78, 5) is 12.1. The summed E-state index contributed by atoms with van der Waals surface area (Å²) in [6.07, 6.45) is 1.69. The van der Waals surface area contributed by atoms with Gasteiger partial charge in [-0.3, -0.25) is 4.79 Å².